The Morgan fingerprint density at radius 2 is 1.93 bits per heavy atom. The van der Waals surface area contributed by atoms with Gasteiger partial charge in [-0.05, 0) is 106 Å². The average Bonchev–Trinajstić information content (AvgIpc) is 3.32. The van der Waals surface area contributed by atoms with E-state index in [2.05, 4.69) is 30.9 Å². The standard InChI is InChI=1S/C26H40N2O/c1-17(29)24-18(16-27)14-23-21-7-6-19-15-20(28-12-4-5-13-28)8-10-25(19,2)22(21)9-11-26(23,24)3/h6,17-18,20-24,29H,4-5,7-15H2,1-3H3/t17?,18-,20-,21+,22-,23-,24-,25-,26-/m0/s1. The lowest BCUT2D eigenvalue weighted by atomic mass is 9.47. The minimum Gasteiger partial charge on any atom is -0.393 e. The Kier molecular flexibility index (Phi) is 4.91. The molecule has 1 heterocycles. The highest BCUT2D eigenvalue weighted by Gasteiger charge is 2.62. The number of allylic oxidation sites excluding steroid dienone is 1. The smallest absolute Gasteiger partial charge is 0.0660 e. The molecule has 3 saturated carbocycles. The van der Waals surface area contributed by atoms with E-state index in [4.69, 9.17) is 0 Å². The van der Waals surface area contributed by atoms with Crippen LogP contribution in [0.4, 0.5) is 0 Å². The zero-order valence-electron chi connectivity index (χ0n) is 18.7. The van der Waals surface area contributed by atoms with Crippen molar-refractivity contribution in [1.29, 1.82) is 5.26 Å². The number of nitriles is 1. The number of hydrogen-bond donors (Lipinski definition) is 1. The van der Waals surface area contributed by atoms with Crippen LogP contribution in [0.3, 0.4) is 0 Å². The highest BCUT2D eigenvalue weighted by molar-refractivity contribution is 5.26. The summed E-state index contributed by atoms with van der Waals surface area (Å²) in [5.74, 6) is 2.30. The molecule has 5 rings (SSSR count). The first-order chi connectivity index (χ1) is 13.9. The van der Waals surface area contributed by atoms with E-state index < -0.39 is 0 Å². The fraction of sp³-hybridized carbons (Fsp3) is 0.885. The molecular weight excluding hydrogens is 356 g/mol. The van der Waals surface area contributed by atoms with Crippen molar-refractivity contribution in [1.82, 2.24) is 4.90 Å². The van der Waals surface area contributed by atoms with E-state index in [9.17, 15) is 10.4 Å². The van der Waals surface area contributed by atoms with Crippen LogP contribution < -0.4 is 0 Å². The average molecular weight is 397 g/mol. The highest BCUT2D eigenvalue weighted by atomic mass is 16.3. The van der Waals surface area contributed by atoms with Gasteiger partial charge >= 0.3 is 0 Å². The van der Waals surface area contributed by atoms with Gasteiger partial charge in [-0.25, -0.2) is 0 Å². The SMILES string of the molecule is CC(O)[C@H]1[C@H](C#N)C[C@H]2[C@@H]3CC=C4C[C@@H](N5CCCC5)CC[C@]4(C)[C@H]3CC[C@@]21C. The lowest BCUT2D eigenvalue weighted by molar-refractivity contribution is -0.0669. The van der Waals surface area contributed by atoms with Gasteiger partial charge in [0, 0.05) is 12.0 Å². The largest absolute Gasteiger partial charge is 0.393 e. The molecule has 0 aromatic heterocycles. The van der Waals surface area contributed by atoms with Gasteiger partial charge < -0.3 is 10.0 Å². The molecule has 0 aromatic carbocycles. The first kappa shape index (κ1) is 20.1. The first-order valence-electron chi connectivity index (χ1n) is 12.4. The van der Waals surface area contributed by atoms with Crippen LogP contribution in [-0.4, -0.2) is 35.2 Å². The topological polar surface area (TPSA) is 47.3 Å². The zero-order chi connectivity index (χ0) is 20.4. The summed E-state index contributed by atoms with van der Waals surface area (Å²) in [6.45, 7) is 9.55. The van der Waals surface area contributed by atoms with E-state index in [1.807, 2.05) is 6.92 Å². The summed E-state index contributed by atoms with van der Waals surface area (Å²) in [5.41, 5.74) is 2.29. The fourth-order valence-electron chi connectivity index (χ4n) is 9.17. The Morgan fingerprint density at radius 1 is 1.17 bits per heavy atom. The fourth-order valence-corrected chi connectivity index (χ4v) is 9.17. The predicted molar refractivity (Wildman–Crippen MR) is 116 cm³/mol. The summed E-state index contributed by atoms with van der Waals surface area (Å²) in [5, 5.41) is 20.4. The number of aliphatic hydroxyl groups is 1. The molecule has 1 saturated heterocycles. The van der Waals surface area contributed by atoms with Crippen molar-refractivity contribution in [2.75, 3.05) is 13.1 Å². The zero-order valence-corrected chi connectivity index (χ0v) is 18.7. The van der Waals surface area contributed by atoms with E-state index in [-0.39, 0.29) is 23.4 Å². The van der Waals surface area contributed by atoms with Gasteiger partial charge in [0.15, 0.2) is 0 Å². The molecule has 5 aliphatic rings. The highest BCUT2D eigenvalue weighted by Crippen LogP contribution is 2.67. The Bertz CT molecular complexity index is 717. The van der Waals surface area contributed by atoms with Crippen LogP contribution >= 0.6 is 0 Å². The molecule has 9 atom stereocenters. The molecular formula is C26H40N2O. The van der Waals surface area contributed by atoms with E-state index in [0.29, 0.717) is 17.3 Å². The minimum atomic E-state index is -0.368. The summed E-state index contributed by atoms with van der Waals surface area (Å²) in [4.78, 5) is 2.77. The van der Waals surface area contributed by atoms with Crippen molar-refractivity contribution >= 4 is 0 Å². The Labute approximate surface area is 177 Å². The second-order valence-corrected chi connectivity index (χ2v) is 11.7. The molecule has 1 aliphatic heterocycles. The van der Waals surface area contributed by atoms with Crippen LogP contribution in [0.15, 0.2) is 11.6 Å². The van der Waals surface area contributed by atoms with Gasteiger partial charge in [-0.15, -0.1) is 0 Å². The van der Waals surface area contributed by atoms with Crippen LogP contribution in [-0.2, 0) is 0 Å². The molecule has 0 amide bonds. The van der Waals surface area contributed by atoms with E-state index in [1.165, 1.54) is 64.5 Å². The Morgan fingerprint density at radius 3 is 2.62 bits per heavy atom. The normalized spacial score (nSPS) is 50.8. The number of likely N-dealkylation sites (tertiary alicyclic amines) is 1. The molecule has 0 aromatic rings. The molecule has 4 fully saturated rings. The second kappa shape index (κ2) is 7.10. The monoisotopic (exact) mass is 396 g/mol. The van der Waals surface area contributed by atoms with Crippen LogP contribution in [0.5, 0.6) is 0 Å². The third kappa shape index (κ3) is 2.89. The quantitative estimate of drug-likeness (QED) is 0.656. The van der Waals surface area contributed by atoms with Crippen LogP contribution in [0.2, 0.25) is 0 Å². The molecule has 160 valence electrons. The Hall–Kier alpha value is -0.850. The maximum atomic E-state index is 10.6. The second-order valence-electron chi connectivity index (χ2n) is 11.7. The van der Waals surface area contributed by atoms with E-state index in [1.54, 1.807) is 5.57 Å². The van der Waals surface area contributed by atoms with Crippen molar-refractivity contribution in [2.45, 2.75) is 90.7 Å². The van der Waals surface area contributed by atoms with Crippen LogP contribution in [0, 0.1) is 51.8 Å². The molecule has 1 N–H and O–H groups in total. The number of fused-ring (bicyclic) bond motifs is 5. The van der Waals surface area contributed by atoms with Crippen molar-refractivity contribution in [3.05, 3.63) is 11.6 Å². The number of aliphatic hydroxyl groups excluding tert-OH is 1. The van der Waals surface area contributed by atoms with Gasteiger partial charge in [0.2, 0.25) is 0 Å². The maximum Gasteiger partial charge on any atom is 0.0660 e. The number of hydrogen-bond acceptors (Lipinski definition) is 3. The van der Waals surface area contributed by atoms with Crippen molar-refractivity contribution in [3.63, 3.8) is 0 Å². The van der Waals surface area contributed by atoms with Crippen molar-refractivity contribution < 1.29 is 5.11 Å². The Balaban J connectivity index is 1.41. The van der Waals surface area contributed by atoms with E-state index in [0.717, 1.165) is 18.4 Å². The third-order valence-corrected chi connectivity index (χ3v) is 10.6. The molecule has 4 aliphatic carbocycles. The van der Waals surface area contributed by atoms with Crippen molar-refractivity contribution in [3.8, 4) is 6.07 Å². The molecule has 0 bridgehead atoms. The van der Waals surface area contributed by atoms with Crippen molar-refractivity contribution in [2.24, 2.45) is 40.4 Å². The molecule has 0 spiro atoms. The van der Waals surface area contributed by atoms with Gasteiger partial charge in [-0.2, -0.15) is 5.26 Å². The summed E-state index contributed by atoms with van der Waals surface area (Å²) in [6.07, 6.45) is 13.8. The van der Waals surface area contributed by atoms with Gasteiger partial charge in [0.05, 0.1) is 18.1 Å². The predicted octanol–water partition coefficient (Wildman–Crippen LogP) is 5.16. The molecule has 29 heavy (non-hydrogen) atoms. The van der Waals surface area contributed by atoms with E-state index >= 15 is 0 Å². The van der Waals surface area contributed by atoms with Gasteiger partial charge in [0.1, 0.15) is 0 Å². The summed E-state index contributed by atoms with van der Waals surface area (Å²) in [6, 6.07) is 3.38. The summed E-state index contributed by atoms with van der Waals surface area (Å²) < 4.78 is 0. The maximum absolute atomic E-state index is 10.6. The van der Waals surface area contributed by atoms with Crippen LogP contribution in [0.1, 0.15) is 78.6 Å². The van der Waals surface area contributed by atoms with Crippen LogP contribution in [0.25, 0.3) is 0 Å². The van der Waals surface area contributed by atoms with Gasteiger partial charge in [-0.3, -0.25) is 0 Å². The summed E-state index contributed by atoms with van der Waals surface area (Å²) >= 11 is 0. The minimum absolute atomic E-state index is 0.0350. The molecule has 3 heteroatoms. The van der Waals surface area contributed by atoms with Gasteiger partial charge in [-0.1, -0.05) is 25.5 Å². The third-order valence-electron chi connectivity index (χ3n) is 10.6. The lowest BCUT2D eigenvalue weighted by Gasteiger charge is -2.58. The molecule has 1 unspecified atom stereocenters. The van der Waals surface area contributed by atoms with Gasteiger partial charge in [0.25, 0.3) is 0 Å². The molecule has 3 nitrogen and oxygen atoms in total. The number of nitrogens with zero attached hydrogens (tertiary/aromatic N) is 2. The first-order valence-corrected chi connectivity index (χ1v) is 12.4. The summed E-state index contributed by atoms with van der Waals surface area (Å²) in [7, 11) is 0. The molecule has 0 radical (unpaired) electrons. The number of rotatable bonds is 2. The lowest BCUT2D eigenvalue weighted by Crippen LogP contribution is -2.52.